The number of esters is 2. The molecule has 0 bridgehead atoms. The van der Waals surface area contributed by atoms with Crippen molar-refractivity contribution in [2.24, 2.45) is 17.6 Å². The van der Waals surface area contributed by atoms with Crippen LogP contribution in [0.5, 0.6) is 0 Å². The summed E-state index contributed by atoms with van der Waals surface area (Å²) in [7, 11) is 0. The highest BCUT2D eigenvalue weighted by Gasteiger charge is 2.22. The number of imidazole rings is 1. The zero-order valence-electron chi connectivity index (χ0n) is 22.9. The molecule has 10 heteroatoms. The molecule has 0 radical (unpaired) electrons. The number of fused-ring (bicyclic) bond motifs is 1. The molecule has 10 nitrogen and oxygen atoms in total. The topological polar surface area (TPSA) is 148 Å². The highest BCUT2D eigenvalue weighted by molar-refractivity contribution is 5.75. The predicted octanol–water partition coefficient (Wildman–Crippen LogP) is 4.41. The zero-order chi connectivity index (χ0) is 27.0. The second-order valence-electron chi connectivity index (χ2n) is 10.2. The van der Waals surface area contributed by atoms with Crippen molar-refractivity contribution in [1.29, 1.82) is 0 Å². The van der Waals surface area contributed by atoms with Crippen molar-refractivity contribution in [1.82, 2.24) is 19.5 Å². The van der Waals surface area contributed by atoms with Gasteiger partial charge in [0.2, 0.25) is 5.95 Å². The van der Waals surface area contributed by atoms with Gasteiger partial charge in [0, 0.05) is 18.9 Å². The Hall–Kier alpha value is -2.75. The number of carbonyl (C=O) groups excluding carboxylic acids is 2. The number of rotatable bonds is 19. The smallest absolute Gasteiger partial charge is 0.323 e. The maximum absolute atomic E-state index is 12.3. The van der Waals surface area contributed by atoms with Gasteiger partial charge in [0.1, 0.15) is 11.6 Å². The lowest BCUT2D eigenvalue weighted by atomic mass is 10.1. The van der Waals surface area contributed by atoms with E-state index in [1.165, 1.54) is 38.5 Å². The van der Waals surface area contributed by atoms with Crippen LogP contribution in [0.25, 0.3) is 11.2 Å². The molecule has 37 heavy (non-hydrogen) atoms. The largest absolute Gasteiger partial charge is 0.466 e. The van der Waals surface area contributed by atoms with E-state index in [4.69, 9.17) is 20.9 Å². The van der Waals surface area contributed by atoms with Crippen LogP contribution in [-0.2, 0) is 25.6 Å². The summed E-state index contributed by atoms with van der Waals surface area (Å²) in [6.45, 7) is 6.84. The Morgan fingerprint density at radius 1 is 1.00 bits per heavy atom. The van der Waals surface area contributed by atoms with E-state index in [1.807, 2.05) is 18.4 Å². The van der Waals surface area contributed by atoms with Crippen LogP contribution in [0.1, 0.15) is 91.4 Å². The third-order valence-electron chi connectivity index (χ3n) is 6.56. The molecule has 0 fully saturated rings. The normalized spacial score (nSPS) is 13.1. The third-order valence-corrected chi connectivity index (χ3v) is 6.56. The molecule has 0 saturated carbocycles. The number of ether oxygens (including phenoxy) is 2. The van der Waals surface area contributed by atoms with Gasteiger partial charge in [-0.25, -0.2) is 9.97 Å². The molecule has 0 unspecified atom stereocenters. The monoisotopic (exact) mass is 518 g/mol. The predicted molar refractivity (Wildman–Crippen MR) is 144 cm³/mol. The minimum Gasteiger partial charge on any atom is -0.466 e. The van der Waals surface area contributed by atoms with E-state index in [1.54, 1.807) is 12.5 Å². The number of carbonyl (C=O) groups is 2. The number of hydrogen-bond donors (Lipinski definition) is 2. The van der Waals surface area contributed by atoms with Gasteiger partial charge in [0.05, 0.1) is 25.7 Å². The van der Waals surface area contributed by atoms with Crippen LogP contribution in [0.3, 0.4) is 0 Å². The Balaban J connectivity index is 1.79. The van der Waals surface area contributed by atoms with Crippen molar-refractivity contribution >= 4 is 29.1 Å². The van der Waals surface area contributed by atoms with Crippen LogP contribution in [0, 0.1) is 11.8 Å². The number of unbranched alkanes of at least 4 members (excludes halogenated alkanes) is 8. The van der Waals surface area contributed by atoms with E-state index in [9.17, 15) is 9.59 Å². The minimum atomic E-state index is -0.684. The molecular weight excluding hydrogens is 472 g/mol. The number of hydrogen-bond acceptors (Lipinski definition) is 9. The highest BCUT2D eigenvalue weighted by Crippen LogP contribution is 2.16. The minimum absolute atomic E-state index is 0.0229. The molecule has 0 saturated heterocycles. The Labute approximate surface area is 220 Å². The van der Waals surface area contributed by atoms with E-state index in [0.29, 0.717) is 30.6 Å². The molecule has 0 aromatic carbocycles. The number of nitrogens with two attached hydrogens (primary N) is 2. The lowest BCUT2D eigenvalue weighted by Gasteiger charge is -2.20. The second kappa shape index (κ2) is 16.9. The van der Waals surface area contributed by atoms with Gasteiger partial charge in [-0.3, -0.25) is 9.59 Å². The maximum Gasteiger partial charge on any atom is 0.323 e. The summed E-state index contributed by atoms with van der Waals surface area (Å²) in [5, 5.41) is 0. The van der Waals surface area contributed by atoms with Gasteiger partial charge in [0.25, 0.3) is 0 Å². The molecule has 0 aliphatic carbocycles. The third kappa shape index (κ3) is 11.5. The molecule has 2 atom stereocenters. The molecule has 0 amide bonds. The van der Waals surface area contributed by atoms with Gasteiger partial charge in [0.15, 0.2) is 5.65 Å². The Morgan fingerprint density at radius 2 is 1.68 bits per heavy atom. The quantitative estimate of drug-likeness (QED) is 0.204. The lowest BCUT2D eigenvalue weighted by Crippen LogP contribution is -2.38. The first-order chi connectivity index (χ1) is 17.8. The molecule has 0 aliphatic rings. The standard InChI is InChI=1S/C27H46N6O4/c1-4-5-6-7-8-9-10-11-12-13-23(34)36-15-14-21(18-37-26(35)24(28)20(2)3)17-33-19-31-22-16-30-27(29)32-25(22)33/h16,19-21,24H,4-15,17-18,28H2,1-3H3,(H2,29,30,32)/t21-,24+/m1/s1. The Kier molecular flexibility index (Phi) is 13.9. The first-order valence-corrected chi connectivity index (χ1v) is 13.8. The fourth-order valence-corrected chi connectivity index (χ4v) is 4.07. The van der Waals surface area contributed by atoms with Gasteiger partial charge in [-0.1, -0.05) is 72.1 Å². The van der Waals surface area contributed by atoms with Crippen LogP contribution in [0.4, 0.5) is 5.95 Å². The van der Waals surface area contributed by atoms with Crippen LogP contribution in [0.2, 0.25) is 0 Å². The number of nitrogen functional groups attached to an aromatic ring is 1. The van der Waals surface area contributed by atoms with E-state index < -0.39 is 12.0 Å². The summed E-state index contributed by atoms with van der Waals surface area (Å²) < 4.78 is 12.8. The Bertz CT molecular complexity index is 948. The van der Waals surface area contributed by atoms with Crippen molar-refractivity contribution in [3.63, 3.8) is 0 Å². The van der Waals surface area contributed by atoms with Crippen LogP contribution < -0.4 is 11.5 Å². The first-order valence-electron chi connectivity index (χ1n) is 13.8. The number of anilines is 1. The molecular formula is C27H46N6O4. The van der Waals surface area contributed by atoms with E-state index in [0.717, 1.165) is 19.3 Å². The SMILES string of the molecule is CCCCCCCCCCCC(=O)OCC[C@@H](COC(=O)[C@@H](N)C(C)C)Cn1cnc2cnc(N)nc21. The van der Waals surface area contributed by atoms with Gasteiger partial charge in [-0.05, 0) is 18.8 Å². The lowest BCUT2D eigenvalue weighted by molar-refractivity contribution is -0.149. The van der Waals surface area contributed by atoms with Crippen molar-refractivity contribution < 1.29 is 19.1 Å². The molecule has 2 aromatic rings. The van der Waals surface area contributed by atoms with Crippen molar-refractivity contribution in [2.75, 3.05) is 18.9 Å². The summed E-state index contributed by atoms with van der Waals surface area (Å²) in [6.07, 6.45) is 15.0. The van der Waals surface area contributed by atoms with Crippen molar-refractivity contribution in [2.45, 2.75) is 104 Å². The molecule has 2 rings (SSSR count). The van der Waals surface area contributed by atoms with Crippen molar-refractivity contribution in [3.8, 4) is 0 Å². The fraction of sp³-hybridized carbons (Fsp3) is 0.741. The zero-order valence-corrected chi connectivity index (χ0v) is 22.9. The van der Waals surface area contributed by atoms with Gasteiger partial charge >= 0.3 is 11.9 Å². The van der Waals surface area contributed by atoms with E-state index in [-0.39, 0.29) is 37.0 Å². The van der Waals surface area contributed by atoms with Gasteiger partial charge in [-0.2, -0.15) is 4.98 Å². The second-order valence-corrected chi connectivity index (χ2v) is 10.2. The summed E-state index contributed by atoms with van der Waals surface area (Å²) in [4.78, 5) is 37.1. The Morgan fingerprint density at radius 3 is 2.35 bits per heavy atom. The van der Waals surface area contributed by atoms with Crippen molar-refractivity contribution in [3.05, 3.63) is 12.5 Å². The summed E-state index contributed by atoms with van der Waals surface area (Å²) in [6, 6.07) is -0.684. The van der Waals surface area contributed by atoms with Crippen LogP contribution in [-0.4, -0.2) is 50.7 Å². The molecule has 2 heterocycles. The molecule has 0 spiro atoms. The molecule has 4 N–H and O–H groups in total. The fourth-order valence-electron chi connectivity index (χ4n) is 4.07. The van der Waals surface area contributed by atoms with E-state index >= 15 is 0 Å². The first kappa shape index (κ1) is 30.5. The summed E-state index contributed by atoms with van der Waals surface area (Å²) >= 11 is 0. The van der Waals surface area contributed by atoms with Gasteiger partial charge in [-0.15, -0.1) is 0 Å². The highest BCUT2D eigenvalue weighted by atomic mass is 16.5. The summed E-state index contributed by atoms with van der Waals surface area (Å²) in [5.74, 6) is -0.619. The van der Waals surface area contributed by atoms with E-state index in [2.05, 4.69) is 21.9 Å². The maximum atomic E-state index is 12.3. The molecule has 208 valence electrons. The summed E-state index contributed by atoms with van der Waals surface area (Å²) in [5.41, 5.74) is 12.9. The van der Waals surface area contributed by atoms with Crippen LogP contribution >= 0.6 is 0 Å². The average molecular weight is 519 g/mol. The number of aromatic nitrogens is 4. The van der Waals surface area contributed by atoms with Crippen LogP contribution in [0.15, 0.2) is 12.5 Å². The average Bonchev–Trinajstić information content (AvgIpc) is 3.26. The van der Waals surface area contributed by atoms with Gasteiger partial charge < -0.3 is 25.5 Å². The molecule has 2 aromatic heterocycles. The molecule has 0 aliphatic heterocycles. The number of nitrogens with zero attached hydrogens (tertiary/aromatic N) is 4.